The molecule has 2 atom stereocenters. The highest BCUT2D eigenvalue weighted by molar-refractivity contribution is 7.15. The summed E-state index contributed by atoms with van der Waals surface area (Å²) in [6.07, 6.45) is 5.38. The third-order valence-electron chi connectivity index (χ3n) is 6.69. The SMILES string of the molecule is CCC(CC)N1C=NC2N=C(c3sc(C4(O)CCNCC4)cc3C)C(C)=NC21C. The highest BCUT2D eigenvalue weighted by Crippen LogP contribution is 2.40. The fourth-order valence-electron chi connectivity index (χ4n) is 4.81. The smallest absolute Gasteiger partial charge is 0.185 e. The molecule has 158 valence electrons. The Morgan fingerprint density at radius 2 is 1.97 bits per heavy atom. The molecule has 29 heavy (non-hydrogen) atoms. The van der Waals surface area contributed by atoms with Gasteiger partial charge in [0.15, 0.2) is 11.8 Å². The van der Waals surface area contributed by atoms with Crippen LogP contribution in [0.5, 0.6) is 0 Å². The molecule has 0 saturated carbocycles. The first-order chi connectivity index (χ1) is 13.8. The second-order valence-corrected chi connectivity index (χ2v) is 9.74. The summed E-state index contributed by atoms with van der Waals surface area (Å²) in [5, 5.41) is 14.5. The van der Waals surface area contributed by atoms with Crippen LogP contribution in [0.3, 0.4) is 0 Å². The number of aliphatic imine (C=N–C) groups is 3. The fourth-order valence-corrected chi connectivity index (χ4v) is 6.17. The Hall–Kier alpha value is -1.57. The summed E-state index contributed by atoms with van der Waals surface area (Å²) in [5.74, 6) is 0. The van der Waals surface area contributed by atoms with Crippen LogP contribution in [-0.4, -0.2) is 58.7 Å². The molecule has 0 spiro atoms. The van der Waals surface area contributed by atoms with Gasteiger partial charge in [0.1, 0.15) is 5.60 Å². The molecular weight excluding hydrogens is 382 g/mol. The highest BCUT2D eigenvalue weighted by Gasteiger charge is 2.47. The van der Waals surface area contributed by atoms with Crippen LogP contribution in [-0.2, 0) is 5.60 Å². The first kappa shape index (κ1) is 20.7. The topological polar surface area (TPSA) is 72.6 Å². The summed E-state index contributed by atoms with van der Waals surface area (Å²) in [6, 6.07) is 2.56. The number of hydrogen-bond acceptors (Lipinski definition) is 7. The number of fused-ring (bicyclic) bond motifs is 1. The number of aliphatic hydroxyl groups is 1. The van der Waals surface area contributed by atoms with Gasteiger partial charge in [-0.25, -0.2) is 4.99 Å². The van der Waals surface area contributed by atoms with Crippen LogP contribution in [0, 0.1) is 6.92 Å². The molecule has 3 aliphatic heterocycles. The van der Waals surface area contributed by atoms with E-state index < -0.39 is 11.3 Å². The molecule has 0 amide bonds. The summed E-state index contributed by atoms with van der Waals surface area (Å²) in [4.78, 5) is 19.4. The quantitative estimate of drug-likeness (QED) is 0.773. The van der Waals surface area contributed by atoms with E-state index in [-0.39, 0.29) is 6.17 Å². The number of thiophene rings is 1. The average molecular weight is 416 g/mol. The van der Waals surface area contributed by atoms with Gasteiger partial charge < -0.3 is 15.3 Å². The molecule has 1 aromatic heterocycles. The molecule has 2 N–H and O–H groups in total. The van der Waals surface area contributed by atoms with Crippen LogP contribution in [0.1, 0.15) is 68.7 Å². The van der Waals surface area contributed by atoms with Crippen molar-refractivity contribution in [2.45, 2.75) is 83.8 Å². The molecule has 0 radical (unpaired) electrons. The average Bonchev–Trinajstić information content (AvgIpc) is 3.23. The van der Waals surface area contributed by atoms with E-state index in [2.05, 4.69) is 50.9 Å². The first-order valence-electron chi connectivity index (χ1n) is 10.8. The molecule has 2 unspecified atom stereocenters. The maximum Gasteiger partial charge on any atom is 0.185 e. The van der Waals surface area contributed by atoms with Crippen molar-refractivity contribution < 1.29 is 5.11 Å². The standard InChI is InChI=1S/C22H33N5OS/c1-6-16(7-2)27-13-24-20-21(27,5)26-15(4)18(25-20)19-14(3)12-17(29-19)22(28)8-10-23-11-9-22/h12-13,16,20,23,28H,6-11H2,1-5H3. The van der Waals surface area contributed by atoms with E-state index in [1.165, 1.54) is 0 Å². The van der Waals surface area contributed by atoms with Crippen molar-refractivity contribution in [3.63, 3.8) is 0 Å². The van der Waals surface area contributed by atoms with E-state index in [4.69, 9.17) is 15.0 Å². The number of aryl methyl sites for hydroxylation is 1. The zero-order valence-electron chi connectivity index (χ0n) is 18.2. The molecular formula is C22H33N5OS. The second-order valence-electron chi connectivity index (χ2n) is 8.69. The van der Waals surface area contributed by atoms with Crippen LogP contribution < -0.4 is 5.32 Å². The molecule has 6 nitrogen and oxygen atoms in total. The maximum absolute atomic E-state index is 11.2. The van der Waals surface area contributed by atoms with Crippen LogP contribution in [0.25, 0.3) is 0 Å². The lowest BCUT2D eigenvalue weighted by atomic mass is 9.90. The molecule has 1 fully saturated rings. The Morgan fingerprint density at radius 3 is 2.62 bits per heavy atom. The lowest BCUT2D eigenvalue weighted by Crippen LogP contribution is -2.53. The third-order valence-corrected chi connectivity index (χ3v) is 8.13. The molecule has 7 heteroatoms. The highest BCUT2D eigenvalue weighted by atomic mass is 32.1. The van der Waals surface area contributed by atoms with Crippen molar-refractivity contribution >= 4 is 29.1 Å². The molecule has 0 aliphatic carbocycles. The van der Waals surface area contributed by atoms with Crippen molar-refractivity contribution in [3.8, 4) is 0 Å². The van der Waals surface area contributed by atoms with Gasteiger partial charge in [0, 0.05) is 10.9 Å². The van der Waals surface area contributed by atoms with Gasteiger partial charge in [0.25, 0.3) is 0 Å². The van der Waals surface area contributed by atoms with Crippen molar-refractivity contribution in [1.29, 1.82) is 0 Å². The molecule has 4 heterocycles. The van der Waals surface area contributed by atoms with Crippen molar-refractivity contribution in [2.75, 3.05) is 13.1 Å². The molecule has 1 saturated heterocycles. The lowest BCUT2D eigenvalue weighted by molar-refractivity contribution is 0.00941. The van der Waals surface area contributed by atoms with Crippen LogP contribution >= 0.6 is 11.3 Å². The summed E-state index contributed by atoms with van der Waals surface area (Å²) in [6.45, 7) is 12.5. The van der Waals surface area contributed by atoms with Gasteiger partial charge in [-0.1, -0.05) is 13.8 Å². The first-order valence-corrected chi connectivity index (χ1v) is 11.6. The maximum atomic E-state index is 11.2. The van der Waals surface area contributed by atoms with Gasteiger partial charge in [-0.2, -0.15) is 0 Å². The minimum Gasteiger partial charge on any atom is -0.384 e. The molecule has 0 bridgehead atoms. The van der Waals surface area contributed by atoms with Gasteiger partial charge in [0.2, 0.25) is 0 Å². The number of nitrogens with zero attached hydrogens (tertiary/aromatic N) is 4. The van der Waals surface area contributed by atoms with Crippen molar-refractivity contribution in [3.05, 3.63) is 21.4 Å². The minimum absolute atomic E-state index is 0.214. The summed E-state index contributed by atoms with van der Waals surface area (Å²) >= 11 is 1.67. The van der Waals surface area contributed by atoms with Gasteiger partial charge in [-0.15, -0.1) is 11.3 Å². The van der Waals surface area contributed by atoms with E-state index in [0.717, 1.165) is 65.5 Å². The van der Waals surface area contributed by atoms with Crippen LogP contribution in [0.15, 0.2) is 21.0 Å². The Kier molecular flexibility index (Phi) is 5.42. The molecule has 4 rings (SSSR count). The fraction of sp³-hybridized carbons (Fsp3) is 0.682. The van der Waals surface area contributed by atoms with E-state index in [1.807, 2.05) is 6.34 Å². The monoisotopic (exact) mass is 415 g/mol. The largest absolute Gasteiger partial charge is 0.384 e. The Bertz CT molecular complexity index is 863. The molecule has 3 aliphatic rings. The van der Waals surface area contributed by atoms with E-state index in [9.17, 15) is 5.11 Å². The van der Waals surface area contributed by atoms with Crippen LogP contribution in [0.4, 0.5) is 0 Å². The van der Waals surface area contributed by atoms with Gasteiger partial charge >= 0.3 is 0 Å². The van der Waals surface area contributed by atoms with E-state index >= 15 is 0 Å². The lowest BCUT2D eigenvalue weighted by Gasteiger charge is -2.41. The van der Waals surface area contributed by atoms with Gasteiger partial charge in [-0.05, 0) is 71.2 Å². The van der Waals surface area contributed by atoms with Crippen molar-refractivity contribution in [2.24, 2.45) is 15.0 Å². The number of piperidine rings is 1. The second kappa shape index (κ2) is 7.60. The predicted octanol–water partition coefficient (Wildman–Crippen LogP) is 3.47. The third kappa shape index (κ3) is 3.37. The Labute approximate surface area is 177 Å². The molecule has 1 aromatic rings. The Morgan fingerprint density at radius 1 is 1.28 bits per heavy atom. The zero-order valence-corrected chi connectivity index (χ0v) is 19.0. The van der Waals surface area contributed by atoms with Crippen LogP contribution in [0.2, 0.25) is 0 Å². The van der Waals surface area contributed by atoms with Gasteiger partial charge in [-0.3, -0.25) is 9.98 Å². The summed E-state index contributed by atoms with van der Waals surface area (Å²) in [5.41, 5.74) is 1.88. The number of rotatable bonds is 5. The predicted molar refractivity (Wildman–Crippen MR) is 122 cm³/mol. The minimum atomic E-state index is -0.731. The summed E-state index contributed by atoms with van der Waals surface area (Å²) in [7, 11) is 0. The number of nitrogens with one attached hydrogen (secondary N) is 1. The van der Waals surface area contributed by atoms with Crippen molar-refractivity contribution in [1.82, 2.24) is 10.2 Å². The Balaban J connectivity index is 1.67. The van der Waals surface area contributed by atoms with E-state index in [1.54, 1.807) is 11.3 Å². The van der Waals surface area contributed by atoms with E-state index in [0.29, 0.717) is 6.04 Å². The molecule has 0 aromatic carbocycles. The zero-order chi connectivity index (χ0) is 20.8. The van der Waals surface area contributed by atoms with Gasteiger partial charge in [0.05, 0.1) is 22.6 Å². The normalized spacial score (nSPS) is 28.5. The number of hydrogen-bond donors (Lipinski definition) is 2. The summed E-state index contributed by atoms with van der Waals surface area (Å²) < 4.78 is 0.